The topological polar surface area (TPSA) is 72.4 Å². The quantitative estimate of drug-likeness (QED) is 0.252. The molecule has 0 aromatic carbocycles. The average Bonchev–Trinajstić information content (AvgIpc) is 3.14. The first-order valence-electron chi connectivity index (χ1n) is 9.38. The van der Waals surface area contributed by atoms with Crippen LogP contribution in [-0.4, -0.2) is 50.4 Å². The monoisotopic (exact) mass is 565 g/mol. The van der Waals surface area contributed by atoms with E-state index in [0.717, 1.165) is 61.6 Å². The zero-order valence-corrected chi connectivity index (χ0v) is 20.6. The second kappa shape index (κ2) is 10.5. The minimum atomic E-state index is 0. The lowest BCUT2D eigenvalue weighted by Crippen LogP contribution is -2.39. The minimum absolute atomic E-state index is 0. The predicted octanol–water partition coefficient (Wildman–Crippen LogP) is 2.20. The van der Waals surface area contributed by atoms with Crippen molar-refractivity contribution < 1.29 is 0 Å². The number of halogens is 2. The van der Waals surface area contributed by atoms with Crippen LogP contribution in [0.5, 0.6) is 0 Å². The number of aromatic nitrogens is 4. The van der Waals surface area contributed by atoms with Crippen LogP contribution in [0.3, 0.4) is 0 Å². The first kappa shape index (κ1) is 23.0. The first-order chi connectivity index (χ1) is 13.0. The van der Waals surface area contributed by atoms with Gasteiger partial charge in [0.05, 0.1) is 6.54 Å². The molecule has 0 saturated heterocycles. The van der Waals surface area contributed by atoms with Crippen molar-refractivity contribution in [2.24, 2.45) is 12.0 Å². The van der Waals surface area contributed by atoms with Gasteiger partial charge in [-0.25, -0.2) is 9.48 Å². The molecule has 0 fully saturated rings. The van der Waals surface area contributed by atoms with E-state index in [1.165, 1.54) is 5.69 Å². The molecular weight excluding hydrogens is 537 g/mol. The molecule has 3 heterocycles. The smallest absolute Gasteiger partial charge is 0.345 e. The van der Waals surface area contributed by atoms with Crippen molar-refractivity contribution in [1.82, 2.24) is 29.1 Å². The van der Waals surface area contributed by atoms with Crippen molar-refractivity contribution in [3.8, 4) is 0 Å². The molecule has 1 aliphatic rings. The third-order valence-electron chi connectivity index (χ3n) is 4.91. The molecule has 28 heavy (non-hydrogen) atoms. The fourth-order valence-corrected chi connectivity index (χ4v) is 4.02. The Hall–Kier alpha value is -1.30. The third-order valence-corrected chi connectivity index (χ3v) is 5.34. The highest BCUT2D eigenvalue weighted by Gasteiger charge is 2.16. The molecule has 0 spiro atoms. The van der Waals surface area contributed by atoms with Crippen LogP contribution in [0.15, 0.2) is 26.5 Å². The highest BCUT2D eigenvalue weighted by molar-refractivity contribution is 14.0. The summed E-state index contributed by atoms with van der Waals surface area (Å²) in [6.45, 7) is 2.92. The van der Waals surface area contributed by atoms with Gasteiger partial charge in [-0.3, -0.25) is 9.56 Å². The molecule has 156 valence electrons. The van der Waals surface area contributed by atoms with E-state index in [2.05, 4.69) is 46.9 Å². The Bertz CT molecular complexity index is 870. The molecule has 2 aromatic heterocycles. The van der Waals surface area contributed by atoms with Crippen LogP contribution < -0.4 is 11.0 Å². The maximum atomic E-state index is 12.3. The average molecular weight is 566 g/mol. The van der Waals surface area contributed by atoms with Gasteiger partial charge in [-0.15, -0.1) is 24.0 Å². The summed E-state index contributed by atoms with van der Waals surface area (Å²) in [7, 11) is 5.84. The number of aryl methyl sites for hydroxylation is 3. The van der Waals surface area contributed by atoms with E-state index >= 15 is 0 Å². The maximum absolute atomic E-state index is 12.3. The second-order valence-electron chi connectivity index (χ2n) is 6.97. The Morgan fingerprint density at radius 3 is 2.86 bits per heavy atom. The van der Waals surface area contributed by atoms with Crippen molar-refractivity contribution in [1.29, 1.82) is 0 Å². The number of aliphatic imine (C=N–C) groups is 1. The summed E-state index contributed by atoms with van der Waals surface area (Å²) in [6.07, 6.45) is 5.96. The zero-order chi connectivity index (χ0) is 19.4. The highest BCUT2D eigenvalue weighted by atomic mass is 127. The van der Waals surface area contributed by atoms with E-state index in [1.807, 2.05) is 24.9 Å². The van der Waals surface area contributed by atoms with E-state index < -0.39 is 0 Å². The molecule has 0 saturated carbocycles. The van der Waals surface area contributed by atoms with Crippen LogP contribution in [0, 0.1) is 0 Å². The number of hydrogen-bond acceptors (Lipinski definition) is 3. The Morgan fingerprint density at radius 2 is 2.21 bits per heavy atom. The Balaban J connectivity index is 0.00000280. The van der Waals surface area contributed by atoms with E-state index in [1.54, 1.807) is 11.7 Å². The minimum Gasteiger partial charge on any atom is -0.356 e. The van der Waals surface area contributed by atoms with Gasteiger partial charge >= 0.3 is 5.69 Å². The van der Waals surface area contributed by atoms with Gasteiger partial charge in [-0.05, 0) is 41.3 Å². The zero-order valence-electron chi connectivity index (χ0n) is 16.7. The van der Waals surface area contributed by atoms with Gasteiger partial charge in [0.25, 0.3) is 0 Å². The predicted molar refractivity (Wildman–Crippen MR) is 125 cm³/mol. The fourth-order valence-electron chi connectivity index (χ4n) is 3.45. The molecular formula is C18H29BrIN7O. The van der Waals surface area contributed by atoms with E-state index in [-0.39, 0.29) is 29.7 Å². The summed E-state index contributed by atoms with van der Waals surface area (Å²) in [6, 6.07) is 2.11. The normalized spacial score (nSPS) is 13.8. The van der Waals surface area contributed by atoms with Gasteiger partial charge in [0.1, 0.15) is 5.82 Å². The second-order valence-corrected chi connectivity index (χ2v) is 7.89. The molecule has 1 N–H and O–H groups in total. The van der Waals surface area contributed by atoms with Gasteiger partial charge in [0.15, 0.2) is 5.96 Å². The number of rotatable bonds is 6. The van der Waals surface area contributed by atoms with Crippen molar-refractivity contribution in [3.63, 3.8) is 0 Å². The summed E-state index contributed by atoms with van der Waals surface area (Å²) >= 11 is 3.51. The van der Waals surface area contributed by atoms with Gasteiger partial charge < -0.3 is 14.8 Å². The highest BCUT2D eigenvalue weighted by Crippen LogP contribution is 2.15. The van der Waals surface area contributed by atoms with Crippen LogP contribution in [-0.2, 0) is 33.1 Å². The van der Waals surface area contributed by atoms with Gasteiger partial charge in [0, 0.05) is 63.6 Å². The molecule has 0 amide bonds. The molecule has 1 aliphatic heterocycles. The van der Waals surface area contributed by atoms with Crippen LogP contribution in [0.25, 0.3) is 0 Å². The van der Waals surface area contributed by atoms with E-state index in [9.17, 15) is 4.79 Å². The molecule has 0 atom stereocenters. The molecule has 0 radical (unpaired) electrons. The molecule has 0 unspecified atom stereocenters. The van der Waals surface area contributed by atoms with Crippen molar-refractivity contribution in [2.75, 3.05) is 20.6 Å². The Morgan fingerprint density at radius 1 is 1.43 bits per heavy atom. The number of fused-ring (bicyclic) bond motifs is 1. The van der Waals surface area contributed by atoms with Gasteiger partial charge in [-0.2, -0.15) is 5.10 Å². The maximum Gasteiger partial charge on any atom is 0.345 e. The summed E-state index contributed by atoms with van der Waals surface area (Å²) in [5, 5.41) is 7.85. The lowest BCUT2D eigenvalue weighted by molar-refractivity contribution is 0.456. The summed E-state index contributed by atoms with van der Waals surface area (Å²) in [4.78, 5) is 18.8. The molecule has 8 nitrogen and oxygen atoms in total. The Labute approximate surface area is 191 Å². The molecule has 0 bridgehead atoms. The van der Waals surface area contributed by atoms with Crippen LogP contribution in [0.2, 0.25) is 0 Å². The van der Waals surface area contributed by atoms with E-state index in [4.69, 9.17) is 0 Å². The van der Waals surface area contributed by atoms with Crippen molar-refractivity contribution >= 4 is 45.9 Å². The fraction of sp³-hybridized carbons (Fsp3) is 0.611. The van der Waals surface area contributed by atoms with Crippen LogP contribution in [0.1, 0.15) is 30.8 Å². The first-order valence-corrected chi connectivity index (χ1v) is 10.2. The largest absolute Gasteiger partial charge is 0.356 e. The molecule has 10 heteroatoms. The summed E-state index contributed by atoms with van der Waals surface area (Å²) < 4.78 is 6.60. The van der Waals surface area contributed by atoms with Gasteiger partial charge in [0.2, 0.25) is 0 Å². The lowest BCUT2D eigenvalue weighted by atomic mass is 10.2. The van der Waals surface area contributed by atoms with Crippen LogP contribution in [0.4, 0.5) is 0 Å². The third kappa shape index (κ3) is 5.40. The van der Waals surface area contributed by atoms with Gasteiger partial charge in [-0.1, -0.05) is 0 Å². The number of nitrogens with zero attached hydrogens (tertiary/aromatic N) is 6. The van der Waals surface area contributed by atoms with E-state index in [0.29, 0.717) is 6.54 Å². The number of nitrogens with one attached hydrogen (secondary N) is 1. The van der Waals surface area contributed by atoms with Crippen molar-refractivity contribution in [2.45, 2.75) is 45.3 Å². The SMILES string of the molecule is CN=C(NCCCn1nc2n(c1=O)CCCC2)N(C)Cc1cc(Br)cn1C.I. The van der Waals surface area contributed by atoms with Crippen LogP contribution >= 0.6 is 39.9 Å². The molecule has 3 rings (SSSR count). The Kier molecular flexibility index (Phi) is 8.59. The molecule has 0 aliphatic carbocycles. The standard InChI is InChI=1S/C18H28BrN7O.HI/c1-20-17(24(3)13-15-11-14(19)12-23(15)2)21-8-6-10-26-18(27)25-9-5-4-7-16(25)22-26;/h11-12H,4-10,13H2,1-3H3,(H,20,21);1H. The molecule has 2 aromatic rings. The number of guanidine groups is 1. The number of hydrogen-bond donors (Lipinski definition) is 1. The summed E-state index contributed by atoms with van der Waals surface area (Å²) in [5.74, 6) is 1.77. The summed E-state index contributed by atoms with van der Waals surface area (Å²) in [5.41, 5.74) is 1.22. The van der Waals surface area contributed by atoms with Crippen molar-refractivity contribution in [3.05, 3.63) is 38.7 Å². The lowest BCUT2D eigenvalue weighted by Gasteiger charge is -2.22.